The summed E-state index contributed by atoms with van der Waals surface area (Å²) in [6, 6.07) is 5.39. The Bertz CT molecular complexity index is 1320. The standard InChI is InChI=1S/C21H19ClN2O3S2/c1-4-5-27-17-8-13(7-15(22)19(17)25)9-18-20(26)24-10-16(23-21(24)29-18)14-6-11(2)28-12(14)3/h6-10,25H,4-5H2,1-3H3/b18-9-. The van der Waals surface area contributed by atoms with E-state index in [1.807, 2.05) is 6.92 Å². The van der Waals surface area contributed by atoms with Crippen LogP contribution in [0.2, 0.25) is 5.02 Å². The molecule has 0 aliphatic heterocycles. The normalized spacial score (nSPS) is 12.2. The summed E-state index contributed by atoms with van der Waals surface area (Å²) < 4.78 is 7.67. The van der Waals surface area contributed by atoms with E-state index in [1.54, 1.807) is 40.1 Å². The molecule has 0 saturated carbocycles. The van der Waals surface area contributed by atoms with Crippen molar-refractivity contribution in [2.45, 2.75) is 27.2 Å². The van der Waals surface area contributed by atoms with Gasteiger partial charge in [-0.05, 0) is 50.1 Å². The Morgan fingerprint density at radius 3 is 2.72 bits per heavy atom. The molecule has 0 aliphatic rings. The van der Waals surface area contributed by atoms with Crippen LogP contribution < -0.4 is 14.8 Å². The number of aromatic hydroxyl groups is 1. The van der Waals surface area contributed by atoms with Crippen LogP contribution >= 0.6 is 34.3 Å². The van der Waals surface area contributed by atoms with Crippen LogP contribution in [-0.4, -0.2) is 21.1 Å². The molecule has 1 N–H and O–H groups in total. The fraction of sp³-hybridized carbons (Fsp3) is 0.238. The summed E-state index contributed by atoms with van der Waals surface area (Å²) in [4.78, 5) is 20.6. The third-order valence-corrected chi connectivity index (χ3v) is 6.67. The first-order chi connectivity index (χ1) is 13.9. The summed E-state index contributed by atoms with van der Waals surface area (Å²) in [6.07, 6.45) is 4.34. The van der Waals surface area contributed by atoms with Gasteiger partial charge in [-0.25, -0.2) is 4.98 Å². The van der Waals surface area contributed by atoms with Crippen LogP contribution in [0.3, 0.4) is 0 Å². The first kappa shape index (κ1) is 19.9. The number of phenolic OH excluding ortho intramolecular Hbond substituents is 1. The molecule has 0 radical (unpaired) electrons. The number of imidazole rings is 1. The van der Waals surface area contributed by atoms with E-state index in [0.717, 1.165) is 17.7 Å². The second-order valence-corrected chi connectivity index (χ2v) is 9.60. The maximum Gasteiger partial charge on any atom is 0.274 e. The van der Waals surface area contributed by atoms with Gasteiger partial charge in [0.05, 0.1) is 21.9 Å². The van der Waals surface area contributed by atoms with Gasteiger partial charge in [0, 0.05) is 21.5 Å². The minimum Gasteiger partial charge on any atom is -0.503 e. The quantitative estimate of drug-likeness (QED) is 0.478. The van der Waals surface area contributed by atoms with Gasteiger partial charge in [0.2, 0.25) is 0 Å². The number of fused-ring (bicyclic) bond motifs is 1. The smallest absolute Gasteiger partial charge is 0.274 e. The fourth-order valence-corrected chi connectivity index (χ4v) is 5.21. The number of aromatic nitrogens is 2. The van der Waals surface area contributed by atoms with Crippen molar-refractivity contribution >= 4 is 45.3 Å². The number of thiazole rings is 1. The van der Waals surface area contributed by atoms with E-state index in [4.69, 9.17) is 16.3 Å². The van der Waals surface area contributed by atoms with Gasteiger partial charge in [-0.1, -0.05) is 29.9 Å². The molecule has 4 rings (SSSR count). The zero-order chi connectivity index (χ0) is 20.7. The van der Waals surface area contributed by atoms with Crippen molar-refractivity contribution in [2.75, 3.05) is 6.61 Å². The van der Waals surface area contributed by atoms with Crippen molar-refractivity contribution < 1.29 is 9.84 Å². The molecule has 5 nitrogen and oxygen atoms in total. The van der Waals surface area contributed by atoms with Crippen molar-refractivity contribution in [3.05, 3.63) is 59.6 Å². The van der Waals surface area contributed by atoms with E-state index >= 15 is 0 Å². The zero-order valence-electron chi connectivity index (χ0n) is 16.2. The minimum absolute atomic E-state index is 0.0911. The van der Waals surface area contributed by atoms with Crippen LogP contribution in [0.4, 0.5) is 0 Å². The van der Waals surface area contributed by atoms with Gasteiger partial charge in [-0.2, -0.15) is 0 Å². The Balaban J connectivity index is 1.77. The van der Waals surface area contributed by atoms with Crippen molar-refractivity contribution in [2.24, 2.45) is 0 Å². The molecule has 150 valence electrons. The number of rotatable bonds is 5. The number of hydrogen-bond acceptors (Lipinski definition) is 6. The summed E-state index contributed by atoms with van der Waals surface area (Å²) in [5.74, 6) is 0.219. The summed E-state index contributed by atoms with van der Waals surface area (Å²) >= 11 is 9.17. The summed E-state index contributed by atoms with van der Waals surface area (Å²) in [5, 5.41) is 10.3. The third-order valence-electron chi connectivity index (χ3n) is 4.43. The highest BCUT2D eigenvalue weighted by atomic mass is 35.5. The average Bonchev–Trinajstić information content (AvgIpc) is 3.31. The number of hydrogen-bond donors (Lipinski definition) is 1. The number of benzene rings is 1. The van der Waals surface area contributed by atoms with Crippen LogP contribution in [0.5, 0.6) is 11.5 Å². The van der Waals surface area contributed by atoms with E-state index in [2.05, 4.69) is 24.9 Å². The van der Waals surface area contributed by atoms with Crippen LogP contribution in [-0.2, 0) is 0 Å². The molecule has 29 heavy (non-hydrogen) atoms. The molecule has 3 aromatic heterocycles. The Kier molecular flexibility index (Phi) is 5.38. The summed E-state index contributed by atoms with van der Waals surface area (Å²) in [5.41, 5.74) is 2.43. The van der Waals surface area contributed by atoms with Crippen LogP contribution in [0.25, 0.3) is 22.3 Å². The molecule has 8 heteroatoms. The number of nitrogens with zero attached hydrogens (tertiary/aromatic N) is 2. The lowest BCUT2D eigenvalue weighted by Gasteiger charge is -2.09. The number of ether oxygens (including phenoxy) is 1. The topological polar surface area (TPSA) is 63.8 Å². The average molecular weight is 447 g/mol. The molecule has 0 amide bonds. The highest BCUT2D eigenvalue weighted by Crippen LogP contribution is 2.35. The van der Waals surface area contributed by atoms with Gasteiger partial charge < -0.3 is 9.84 Å². The highest BCUT2D eigenvalue weighted by molar-refractivity contribution is 7.15. The lowest BCUT2D eigenvalue weighted by molar-refractivity contribution is 0.299. The Labute approximate surface area is 180 Å². The van der Waals surface area contributed by atoms with Crippen molar-refractivity contribution in [1.82, 2.24) is 9.38 Å². The van der Waals surface area contributed by atoms with Crippen LogP contribution in [0.15, 0.2) is 29.2 Å². The maximum absolute atomic E-state index is 12.9. The molecule has 0 saturated heterocycles. The second-order valence-electron chi connectivity index (χ2n) is 6.72. The van der Waals surface area contributed by atoms with Gasteiger partial charge in [0.15, 0.2) is 16.5 Å². The molecular formula is C21H19ClN2O3S2. The fourth-order valence-electron chi connectivity index (χ4n) is 3.10. The molecule has 0 aliphatic carbocycles. The third kappa shape index (κ3) is 3.77. The monoisotopic (exact) mass is 446 g/mol. The van der Waals surface area contributed by atoms with Gasteiger partial charge in [-0.3, -0.25) is 9.20 Å². The molecule has 0 atom stereocenters. The van der Waals surface area contributed by atoms with E-state index in [0.29, 0.717) is 27.4 Å². The predicted octanol–water partition coefficient (Wildman–Crippen LogP) is 4.80. The van der Waals surface area contributed by atoms with Crippen molar-refractivity contribution in [3.63, 3.8) is 0 Å². The molecule has 1 aromatic carbocycles. The number of thiophene rings is 1. The molecule has 4 aromatic rings. The van der Waals surface area contributed by atoms with Gasteiger partial charge in [0.25, 0.3) is 5.56 Å². The summed E-state index contributed by atoms with van der Waals surface area (Å²) in [7, 11) is 0. The zero-order valence-corrected chi connectivity index (χ0v) is 18.5. The van der Waals surface area contributed by atoms with E-state index < -0.39 is 0 Å². The SMILES string of the molecule is CCCOc1cc(/C=c2\sc3nc(-c4cc(C)sc4C)cn3c2=O)cc(Cl)c1O. The van der Waals surface area contributed by atoms with Gasteiger partial charge in [-0.15, -0.1) is 11.3 Å². The van der Waals surface area contributed by atoms with Crippen molar-refractivity contribution in [3.8, 4) is 22.8 Å². The second kappa shape index (κ2) is 7.82. The van der Waals surface area contributed by atoms with E-state index in [-0.39, 0.29) is 16.3 Å². The van der Waals surface area contributed by atoms with Crippen LogP contribution in [0.1, 0.15) is 28.7 Å². The Morgan fingerprint density at radius 2 is 2.07 bits per heavy atom. The first-order valence-corrected chi connectivity index (χ1v) is 11.1. The van der Waals surface area contributed by atoms with Gasteiger partial charge >= 0.3 is 0 Å². The highest BCUT2D eigenvalue weighted by Gasteiger charge is 2.14. The lowest BCUT2D eigenvalue weighted by Crippen LogP contribution is -2.22. The van der Waals surface area contributed by atoms with E-state index in [1.165, 1.54) is 21.1 Å². The maximum atomic E-state index is 12.9. The largest absolute Gasteiger partial charge is 0.503 e. The summed E-state index contributed by atoms with van der Waals surface area (Å²) in [6.45, 7) is 6.57. The molecule has 3 heterocycles. The minimum atomic E-state index is -0.131. The number of phenols is 1. The molecule has 0 unspecified atom stereocenters. The Hall–Kier alpha value is -2.35. The molecule has 0 spiro atoms. The number of aryl methyl sites for hydroxylation is 2. The first-order valence-electron chi connectivity index (χ1n) is 9.13. The van der Waals surface area contributed by atoms with Gasteiger partial charge in [0.1, 0.15) is 0 Å². The molecule has 0 fully saturated rings. The number of halogens is 1. The predicted molar refractivity (Wildman–Crippen MR) is 120 cm³/mol. The van der Waals surface area contributed by atoms with E-state index in [9.17, 15) is 9.90 Å². The lowest BCUT2D eigenvalue weighted by atomic mass is 10.2. The molecular weight excluding hydrogens is 428 g/mol. The van der Waals surface area contributed by atoms with Crippen molar-refractivity contribution in [1.29, 1.82) is 0 Å². The molecule has 0 bridgehead atoms. The van der Waals surface area contributed by atoms with Crippen LogP contribution in [0, 0.1) is 13.8 Å². The Morgan fingerprint density at radius 1 is 1.28 bits per heavy atom.